The maximum Gasteiger partial charge on any atom is 0.235 e. The van der Waals surface area contributed by atoms with Crippen molar-refractivity contribution in [1.29, 1.82) is 0 Å². The van der Waals surface area contributed by atoms with E-state index in [0.29, 0.717) is 5.95 Å². The number of para-hydroxylation sites is 2. The smallest absolute Gasteiger partial charge is 0.235 e. The number of rotatable bonds is 6. The highest BCUT2D eigenvalue weighted by Crippen LogP contribution is 2.65. The van der Waals surface area contributed by atoms with E-state index in [2.05, 4.69) is 264 Å². The number of hydrogen-bond donors (Lipinski definition) is 0. The first-order valence-electron chi connectivity index (χ1n) is 26.3. The van der Waals surface area contributed by atoms with E-state index >= 15 is 0 Å². The van der Waals surface area contributed by atoms with Crippen molar-refractivity contribution in [2.75, 3.05) is 4.90 Å². The molecule has 1 spiro atoms. The standard InChI is InChI=1S/C71H46N4S/c1-4-19-45(20-5-1)48-25-18-26-51(41-48)74-62-32-15-11-27-52(62)55-42-49(36-39-63(55)74)50-35-37-58-65(43-50)75(70-72-60(46-21-6-2-7-22-46)44-61(73-70)47-23-8-3-9-24-47)64-33-16-14-31-57(64)71(58)56-30-13-10-28-53(56)68-59(71)38-40-67-69(68)54-29-12-17-34-66(54)76-67/h1-16,18-33,35-44H,17,34H2. The molecule has 16 rings (SSSR count). The molecule has 2 aliphatic carbocycles. The average molecular weight is 987 g/mol. The van der Waals surface area contributed by atoms with Gasteiger partial charge in [0.25, 0.3) is 0 Å². The van der Waals surface area contributed by atoms with Crippen molar-refractivity contribution in [3.8, 4) is 61.6 Å². The van der Waals surface area contributed by atoms with E-state index in [1.54, 1.807) is 0 Å². The Balaban J connectivity index is 0.964. The van der Waals surface area contributed by atoms with Crippen LogP contribution < -0.4 is 4.90 Å². The lowest BCUT2D eigenvalue weighted by atomic mass is 9.64. The van der Waals surface area contributed by atoms with Crippen molar-refractivity contribution in [2.24, 2.45) is 0 Å². The number of benzene rings is 10. The molecular weight excluding hydrogens is 941 g/mol. The van der Waals surface area contributed by atoms with E-state index in [1.807, 2.05) is 11.3 Å². The molecule has 1 unspecified atom stereocenters. The van der Waals surface area contributed by atoms with Crippen LogP contribution >= 0.6 is 11.3 Å². The minimum atomic E-state index is -0.654. The number of hydrogen-bond acceptors (Lipinski definition) is 4. The second-order valence-electron chi connectivity index (χ2n) is 20.3. The molecule has 4 heterocycles. The largest absolute Gasteiger partial charge is 0.309 e. The van der Waals surface area contributed by atoms with Gasteiger partial charge in [-0.1, -0.05) is 200 Å². The molecule has 13 aromatic rings. The van der Waals surface area contributed by atoms with Gasteiger partial charge in [0.2, 0.25) is 5.95 Å². The van der Waals surface area contributed by atoms with Crippen LogP contribution in [0, 0.1) is 0 Å². The van der Waals surface area contributed by atoms with Crippen LogP contribution in [0.1, 0.15) is 39.1 Å². The zero-order valence-electron chi connectivity index (χ0n) is 41.4. The Labute approximate surface area is 444 Å². The molecule has 1 atom stereocenters. The number of allylic oxidation sites excluding steroid dienone is 1. The molecular formula is C71H46N4S. The summed E-state index contributed by atoms with van der Waals surface area (Å²) >= 11 is 1.97. The Morgan fingerprint density at radius 1 is 0.434 bits per heavy atom. The van der Waals surface area contributed by atoms with Crippen LogP contribution in [0.15, 0.2) is 249 Å². The van der Waals surface area contributed by atoms with Crippen LogP contribution in [0.25, 0.3) is 99.6 Å². The normalized spacial score (nSPS) is 15.0. The summed E-state index contributed by atoms with van der Waals surface area (Å²) in [5.41, 5.74) is 22.4. The van der Waals surface area contributed by atoms with Gasteiger partial charge in [0.1, 0.15) is 0 Å². The molecule has 356 valence electrons. The van der Waals surface area contributed by atoms with Gasteiger partial charge in [-0.15, -0.1) is 11.3 Å². The molecule has 0 N–H and O–H groups in total. The van der Waals surface area contributed by atoms with Crippen molar-refractivity contribution in [3.05, 3.63) is 281 Å². The van der Waals surface area contributed by atoms with E-state index in [-0.39, 0.29) is 0 Å². The molecule has 0 saturated carbocycles. The third-order valence-corrected chi connectivity index (χ3v) is 17.5. The SMILES string of the molecule is C1=Cc2c(sc3ccc4c(c23)-c2ccccc2C42c3ccccc3N(c3nc(-c4ccccc4)cc(-c4ccccc4)n3)c3cc(-c4ccc5c(c4)c4ccccc4n5-c4cccc(-c5ccccc5)c4)ccc32)CC1. The van der Waals surface area contributed by atoms with Crippen molar-refractivity contribution < 1.29 is 0 Å². The third kappa shape index (κ3) is 6.30. The highest BCUT2D eigenvalue weighted by Gasteiger charge is 2.53. The fraction of sp³-hybridized carbons (Fsp3) is 0.0423. The minimum absolute atomic E-state index is 0.621. The Hall–Kier alpha value is -9.42. The number of anilines is 3. The van der Waals surface area contributed by atoms with Crippen LogP contribution in [0.5, 0.6) is 0 Å². The van der Waals surface area contributed by atoms with Gasteiger partial charge in [-0.3, -0.25) is 4.90 Å². The molecule has 4 nitrogen and oxygen atoms in total. The zero-order valence-corrected chi connectivity index (χ0v) is 42.2. The number of nitrogens with zero attached hydrogens (tertiary/aromatic N) is 4. The summed E-state index contributed by atoms with van der Waals surface area (Å²) in [6.07, 6.45) is 6.91. The topological polar surface area (TPSA) is 34.0 Å². The summed E-state index contributed by atoms with van der Waals surface area (Å²) in [5.74, 6) is 0.621. The van der Waals surface area contributed by atoms with Crippen molar-refractivity contribution >= 4 is 66.6 Å². The number of aryl methyl sites for hydroxylation is 1. The van der Waals surface area contributed by atoms with E-state index in [9.17, 15) is 0 Å². The molecule has 0 fully saturated rings. The van der Waals surface area contributed by atoms with Crippen LogP contribution in [-0.4, -0.2) is 14.5 Å². The molecule has 0 saturated heterocycles. The van der Waals surface area contributed by atoms with E-state index < -0.39 is 5.41 Å². The molecule has 76 heavy (non-hydrogen) atoms. The van der Waals surface area contributed by atoms with Crippen molar-refractivity contribution in [2.45, 2.75) is 18.3 Å². The first-order valence-corrected chi connectivity index (χ1v) is 27.1. The molecule has 10 aromatic carbocycles. The van der Waals surface area contributed by atoms with E-state index in [0.717, 1.165) is 69.1 Å². The summed E-state index contributed by atoms with van der Waals surface area (Å²) in [6, 6.07) is 88.9. The minimum Gasteiger partial charge on any atom is -0.309 e. The summed E-state index contributed by atoms with van der Waals surface area (Å²) in [4.78, 5) is 15.0. The Bertz CT molecular complexity index is 4470. The number of thiophene rings is 1. The third-order valence-electron chi connectivity index (χ3n) is 16.3. The van der Waals surface area contributed by atoms with Gasteiger partial charge in [0.05, 0.1) is 39.2 Å². The molecule has 0 amide bonds. The van der Waals surface area contributed by atoms with Gasteiger partial charge in [-0.2, -0.15) is 0 Å². The van der Waals surface area contributed by atoms with Gasteiger partial charge in [-0.25, -0.2) is 9.97 Å². The van der Waals surface area contributed by atoms with E-state index in [4.69, 9.17) is 9.97 Å². The summed E-state index contributed by atoms with van der Waals surface area (Å²) in [6.45, 7) is 0. The zero-order chi connectivity index (χ0) is 49.9. The molecule has 0 radical (unpaired) electrons. The second-order valence-corrected chi connectivity index (χ2v) is 21.4. The lowest BCUT2D eigenvalue weighted by Gasteiger charge is -2.44. The van der Waals surface area contributed by atoms with Crippen molar-refractivity contribution in [1.82, 2.24) is 14.5 Å². The number of fused-ring (bicyclic) bond motifs is 16. The average Bonchev–Trinajstić information content (AvgIpc) is 4.17. The Morgan fingerprint density at radius 2 is 1.05 bits per heavy atom. The van der Waals surface area contributed by atoms with Gasteiger partial charge < -0.3 is 4.57 Å². The second kappa shape index (κ2) is 16.8. The summed E-state index contributed by atoms with van der Waals surface area (Å²) in [7, 11) is 0. The van der Waals surface area contributed by atoms with Crippen LogP contribution in [-0.2, 0) is 11.8 Å². The first-order chi connectivity index (χ1) is 37.7. The summed E-state index contributed by atoms with van der Waals surface area (Å²) in [5, 5.41) is 3.80. The van der Waals surface area contributed by atoms with Gasteiger partial charge >= 0.3 is 0 Å². The quantitative estimate of drug-likeness (QED) is 0.166. The maximum absolute atomic E-state index is 5.58. The molecule has 3 aliphatic rings. The highest BCUT2D eigenvalue weighted by molar-refractivity contribution is 7.19. The molecule has 1 aliphatic heterocycles. The lowest BCUT2D eigenvalue weighted by Crippen LogP contribution is -2.36. The van der Waals surface area contributed by atoms with Crippen LogP contribution in [0.2, 0.25) is 0 Å². The number of aromatic nitrogens is 3. The van der Waals surface area contributed by atoms with Gasteiger partial charge in [0.15, 0.2) is 0 Å². The molecule has 5 heteroatoms. The predicted molar refractivity (Wildman–Crippen MR) is 316 cm³/mol. The fourth-order valence-electron chi connectivity index (χ4n) is 13.0. The molecule has 0 bridgehead atoms. The van der Waals surface area contributed by atoms with Gasteiger partial charge in [-0.05, 0) is 129 Å². The fourth-order valence-corrected chi connectivity index (χ4v) is 14.2. The Kier molecular flexibility index (Phi) is 9.51. The molecule has 3 aromatic heterocycles. The lowest BCUT2D eigenvalue weighted by molar-refractivity contribution is 0.750. The van der Waals surface area contributed by atoms with Gasteiger partial charge in [0, 0.05) is 42.6 Å². The van der Waals surface area contributed by atoms with Crippen molar-refractivity contribution in [3.63, 3.8) is 0 Å². The summed E-state index contributed by atoms with van der Waals surface area (Å²) < 4.78 is 3.77. The monoisotopic (exact) mass is 986 g/mol. The highest BCUT2D eigenvalue weighted by atomic mass is 32.1. The maximum atomic E-state index is 5.58. The first kappa shape index (κ1) is 43.0. The van der Waals surface area contributed by atoms with E-state index in [1.165, 1.54) is 81.3 Å². The van der Waals surface area contributed by atoms with Crippen LogP contribution in [0.3, 0.4) is 0 Å². The van der Waals surface area contributed by atoms with Crippen LogP contribution in [0.4, 0.5) is 17.3 Å². The Morgan fingerprint density at radius 3 is 1.86 bits per heavy atom. The predicted octanol–water partition coefficient (Wildman–Crippen LogP) is 18.6.